The zero-order valence-electron chi connectivity index (χ0n) is 18.2. The second kappa shape index (κ2) is 9.50. The fraction of sp³-hybridized carbons (Fsp3) is 0.333. The van der Waals surface area contributed by atoms with Gasteiger partial charge in [0.2, 0.25) is 11.9 Å². The van der Waals surface area contributed by atoms with Crippen LogP contribution in [-0.2, 0) is 9.53 Å². The predicted octanol–water partition coefficient (Wildman–Crippen LogP) is 2.76. The Labute approximate surface area is 191 Å². The average Bonchev–Trinajstić information content (AvgIpc) is 3.07. The van der Waals surface area contributed by atoms with E-state index in [1.165, 1.54) is 12.1 Å². The van der Waals surface area contributed by atoms with Gasteiger partial charge in [-0.15, -0.1) is 0 Å². The van der Waals surface area contributed by atoms with Crippen LogP contribution in [0, 0.1) is 5.82 Å². The van der Waals surface area contributed by atoms with Gasteiger partial charge in [0.25, 0.3) is 0 Å². The third-order valence-electron chi connectivity index (χ3n) is 5.87. The average molecular weight is 449 g/mol. The molecular weight excluding hydrogens is 423 g/mol. The lowest BCUT2D eigenvalue weighted by molar-refractivity contribution is -0.118. The van der Waals surface area contributed by atoms with Crippen LogP contribution in [0.2, 0.25) is 0 Å². The Morgan fingerprint density at radius 3 is 2.42 bits per heavy atom. The van der Waals surface area contributed by atoms with Crippen LogP contribution < -0.4 is 14.7 Å². The molecule has 0 aliphatic carbocycles. The first-order valence-corrected chi connectivity index (χ1v) is 11.1. The molecule has 2 aliphatic heterocycles. The van der Waals surface area contributed by atoms with Crippen LogP contribution in [0.5, 0.6) is 0 Å². The van der Waals surface area contributed by atoms with Gasteiger partial charge in [-0.1, -0.05) is 6.07 Å². The first-order valence-electron chi connectivity index (χ1n) is 11.1. The van der Waals surface area contributed by atoms with Crippen LogP contribution in [0.3, 0.4) is 0 Å². The van der Waals surface area contributed by atoms with E-state index >= 15 is 0 Å². The summed E-state index contributed by atoms with van der Waals surface area (Å²) >= 11 is 0. The maximum Gasteiger partial charge on any atom is 0.229 e. The SMILES string of the molecule is O=C1CCN(c2cc(-c3ccc(F)cc3)nc(N3CCOCC3)n2)CCN1c1ccccn1. The smallest absolute Gasteiger partial charge is 0.229 e. The summed E-state index contributed by atoms with van der Waals surface area (Å²) in [6.07, 6.45) is 2.05. The van der Waals surface area contributed by atoms with E-state index < -0.39 is 0 Å². The van der Waals surface area contributed by atoms with Crippen molar-refractivity contribution < 1.29 is 13.9 Å². The summed E-state index contributed by atoms with van der Waals surface area (Å²) in [6.45, 7) is 4.33. The number of pyridine rings is 1. The van der Waals surface area contributed by atoms with Gasteiger partial charge in [-0.3, -0.25) is 9.69 Å². The molecule has 2 fully saturated rings. The van der Waals surface area contributed by atoms with E-state index in [1.807, 2.05) is 24.3 Å². The summed E-state index contributed by atoms with van der Waals surface area (Å²) in [5.74, 6) is 1.78. The highest BCUT2D eigenvalue weighted by molar-refractivity contribution is 5.93. The molecule has 33 heavy (non-hydrogen) atoms. The van der Waals surface area contributed by atoms with Crippen molar-refractivity contribution in [2.45, 2.75) is 6.42 Å². The number of hydrogen-bond donors (Lipinski definition) is 0. The lowest BCUT2D eigenvalue weighted by Crippen LogP contribution is -2.38. The van der Waals surface area contributed by atoms with Crippen molar-refractivity contribution in [2.75, 3.05) is 60.6 Å². The molecule has 0 bridgehead atoms. The lowest BCUT2D eigenvalue weighted by atomic mass is 10.1. The fourth-order valence-corrected chi connectivity index (χ4v) is 4.06. The third kappa shape index (κ3) is 4.78. The van der Waals surface area contributed by atoms with Gasteiger partial charge >= 0.3 is 0 Å². The number of carbonyl (C=O) groups is 1. The van der Waals surface area contributed by atoms with Crippen molar-refractivity contribution >= 4 is 23.5 Å². The van der Waals surface area contributed by atoms with Crippen LogP contribution in [-0.4, -0.2) is 66.8 Å². The van der Waals surface area contributed by atoms with Crippen molar-refractivity contribution in [1.82, 2.24) is 15.0 Å². The maximum absolute atomic E-state index is 13.5. The first-order chi connectivity index (χ1) is 16.2. The second-order valence-electron chi connectivity index (χ2n) is 7.99. The number of carbonyl (C=O) groups excluding carboxylic acids is 1. The van der Waals surface area contributed by atoms with Crippen LogP contribution in [0.15, 0.2) is 54.7 Å². The van der Waals surface area contributed by atoms with Crippen molar-refractivity contribution in [2.24, 2.45) is 0 Å². The number of aromatic nitrogens is 3. The van der Waals surface area contributed by atoms with Crippen molar-refractivity contribution in [3.05, 3.63) is 60.5 Å². The number of halogens is 1. The van der Waals surface area contributed by atoms with E-state index in [-0.39, 0.29) is 11.7 Å². The van der Waals surface area contributed by atoms with Gasteiger partial charge in [-0.05, 0) is 36.4 Å². The summed E-state index contributed by atoms with van der Waals surface area (Å²) in [5.41, 5.74) is 1.54. The van der Waals surface area contributed by atoms with Crippen LogP contribution in [0.25, 0.3) is 11.3 Å². The molecule has 2 aromatic heterocycles. The molecule has 1 amide bonds. The quantitative estimate of drug-likeness (QED) is 0.608. The molecule has 5 rings (SSSR count). The standard InChI is InChI=1S/C24H25FN6O2/c25-19-6-4-18(5-7-19)20-17-22(28-24(27-20)30-13-15-33-16-14-30)29-10-8-23(32)31(12-11-29)21-3-1-2-9-26-21/h1-7,9,17H,8,10-16H2. The molecule has 3 aromatic rings. The number of ether oxygens (including phenoxy) is 1. The van der Waals surface area contributed by atoms with Crippen molar-refractivity contribution in [3.8, 4) is 11.3 Å². The molecule has 0 saturated carbocycles. The van der Waals surface area contributed by atoms with Gasteiger partial charge in [0, 0.05) is 57.0 Å². The zero-order chi connectivity index (χ0) is 22.6. The van der Waals surface area contributed by atoms with E-state index in [4.69, 9.17) is 14.7 Å². The zero-order valence-corrected chi connectivity index (χ0v) is 18.2. The monoisotopic (exact) mass is 448 g/mol. The molecule has 0 spiro atoms. The largest absolute Gasteiger partial charge is 0.378 e. The number of hydrogen-bond acceptors (Lipinski definition) is 7. The van der Waals surface area contributed by atoms with Crippen LogP contribution >= 0.6 is 0 Å². The molecule has 0 unspecified atom stereocenters. The number of rotatable bonds is 4. The normalized spacial score (nSPS) is 17.2. The van der Waals surface area contributed by atoms with E-state index in [2.05, 4.69) is 14.8 Å². The molecule has 1 aromatic carbocycles. The minimum Gasteiger partial charge on any atom is -0.378 e. The number of anilines is 3. The summed E-state index contributed by atoms with van der Waals surface area (Å²) in [5, 5.41) is 0. The van der Waals surface area contributed by atoms with Gasteiger partial charge in [0.1, 0.15) is 17.5 Å². The third-order valence-corrected chi connectivity index (χ3v) is 5.87. The highest BCUT2D eigenvalue weighted by Gasteiger charge is 2.25. The van der Waals surface area contributed by atoms with E-state index in [0.29, 0.717) is 64.1 Å². The summed E-state index contributed by atoms with van der Waals surface area (Å²) in [7, 11) is 0. The molecule has 4 heterocycles. The summed E-state index contributed by atoms with van der Waals surface area (Å²) < 4.78 is 19.0. The summed E-state index contributed by atoms with van der Waals surface area (Å²) in [4.78, 5) is 32.7. The number of benzene rings is 1. The Balaban J connectivity index is 1.46. The highest BCUT2D eigenvalue weighted by atomic mass is 19.1. The highest BCUT2D eigenvalue weighted by Crippen LogP contribution is 2.27. The second-order valence-corrected chi connectivity index (χ2v) is 7.99. The van der Waals surface area contributed by atoms with Gasteiger partial charge < -0.3 is 14.5 Å². The van der Waals surface area contributed by atoms with E-state index in [1.54, 1.807) is 23.2 Å². The minimum atomic E-state index is -0.290. The number of amides is 1. The Morgan fingerprint density at radius 2 is 1.67 bits per heavy atom. The van der Waals surface area contributed by atoms with Gasteiger partial charge in [-0.2, -0.15) is 4.98 Å². The number of morpholine rings is 1. The molecule has 0 N–H and O–H groups in total. The Hall–Kier alpha value is -3.59. The minimum absolute atomic E-state index is 0.0393. The molecule has 9 heteroatoms. The van der Waals surface area contributed by atoms with Gasteiger partial charge in [0.05, 0.1) is 18.9 Å². The van der Waals surface area contributed by atoms with Crippen LogP contribution in [0.1, 0.15) is 6.42 Å². The Morgan fingerprint density at radius 1 is 0.848 bits per heavy atom. The van der Waals surface area contributed by atoms with Crippen molar-refractivity contribution in [1.29, 1.82) is 0 Å². The molecule has 8 nitrogen and oxygen atoms in total. The first kappa shape index (κ1) is 21.3. The lowest BCUT2D eigenvalue weighted by Gasteiger charge is -2.29. The van der Waals surface area contributed by atoms with Gasteiger partial charge in [-0.25, -0.2) is 14.4 Å². The molecule has 2 saturated heterocycles. The summed E-state index contributed by atoms with van der Waals surface area (Å²) in [6, 6.07) is 13.8. The molecule has 170 valence electrons. The molecular formula is C24H25FN6O2. The maximum atomic E-state index is 13.5. The molecule has 0 atom stereocenters. The topological polar surface area (TPSA) is 74.7 Å². The van der Waals surface area contributed by atoms with Gasteiger partial charge in [0.15, 0.2) is 0 Å². The van der Waals surface area contributed by atoms with E-state index in [0.717, 1.165) is 17.1 Å². The van der Waals surface area contributed by atoms with Crippen LogP contribution in [0.4, 0.5) is 22.0 Å². The Kier molecular flexibility index (Phi) is 6.12. The molecule has 0 radical (unpaired) electrons. The van der Waals surface area contributed by atoms with E-state index in [9.17, 15) is 9.18 Å². The van der Waals surface area contributed by atoms with Crippen molar-refractivity contribution in [3.63, 3.8) is 0 Å². The fourth-order valence-electron chi connectivity index (χ4n) is 4.06. The molecule has 2 aliphatic rings. The number of nitrogens with zero attached hydrogens (tertiary/aromatic N) is 6. The predicted molar refractivity (Wildman–Crippen MR) is 124 cm³/mol. The Bertz CT molecular complexity index is 1110.